The van der Waals surface area contributed by atoms with Crippen molar-refractivity contribution in [2.75, 3.05) is 19.8 Å². The Morgan fingerprint density at radius 2 is 1.73 bits per heavy atom. The number of nitrogens with zero attached hydrogens (tertiary/aromatic N) is 2. The number of amides is 1. The molecular weight excluding hydrogens is 342 g/mol. The molecule has 9 heteroatoms. The Morgan fingerprint density at radius 3 is 2.27 bits per heavy atom. The van der Waals surface area contributed by atoms with E-state index in [-0.39, 0.29) is 31.1 Å². The standard InChI is InChI=1S/C17H27N3O6/c1-7-24-14(21)12-9-13(15(22)25-8-2)20(19-12)11(3)10-18-16(23)26-17(4,5)6/h9,11H,7-8,10H2,1-6H3,(H,18,23). The molecule has 1 heterocycles. The van der Waals surface area contributed by atoms with Crippen molar-refractivity contribution >= 4 is 18.0 Å². The maximum absolute atomic E-state index is 12.1. The van der Waals surface area contributed by atoms with Gasteiger partial charge in [-0.3, -0.25) is 4.68 Å². The van der Waals surface area contributed by atoms with Crippen LogP contribution in [0.15, 0.2) is 6.07 Å². The molecule has 1 unspecified atom stereocenters. The van der Waals surface area contributed by atoms with E-state index < -0.39 is 29.7 Å². The normalized spacial score (nSPS) is 12.2. The first-order valence-electron chi connectivity index (χ1n) is 8.49. The fourth-order valence-electron chi connectivity index (χ4n) is 2.02. The van der Waals surface area contributed by atoms with Gasteiger partial charge in [-0.2, -0.15) is 5.10 Å². The van der Waals surface area contributed by atoms with E-state index in [1.54, 1.807) is 41.5 Å². The molecule has 0 saturated heterocycles. The van der Waals surface area contributed by atoms with Gasteiger partial charge in [-0.05, 0) is 41.5 Å². The fourth-order valence-corrected chi connectivity index (χ4v) is 2.02. The van der Waals surface area contributed by atoms with Gasteiger partial charge in [-0.15, -0.1) is 0 Å². The third kappa shape index (κ3) is 6.38. The van der Waals surface area contributed by atoms with Crippen LogP contribution in [-0.2, 0) is 14.2 Å². The van der Waals surface area contributed by atoms with Crippen molar-refractivity contribution in [2.45, 2.75) is 53.2 Å². The fraction of sp³-hybridized carbons (Fsp3) is 0.647. The number of aromatic nitrogens is 2. The number of alkyl carbamates (subject to hydrolysis) is 1. The molecule has 0 aliphatic carbocycles. The first-order chi connectivity index (χ1) is 12.1. The average molecular weight is 369 g/mol. The number of rotatable bonds is 7. The van der Waals surface area contributed by atoms with E-state index in [1.165, 1.54) is 10.7 Å². The van der Waals surface area contributed by atoms with E-state index in [2.05, 4.69) is 10.4 Å². The first kappa shape index (κ1) is 21.5. The first-order valence-corrected chi connectivity index (χ1v) is 8.49. The van der Waals surface area contributed by atoms with Crippen LogP contribution in [0.3, 0.4) is 0 Å². The molecule has 9 nitrogen and oxygen atoms in total. The Labute approximate surface area is 153 Å². The van der Waals surface area contributed by atoms with Crippen LogP contribution in [0.1, 0.15) is 68.6 Å². The molecule has 1 aromatic heterocycles. The van der Waals surface area contributed by atoms with Crippen LogP contribution in [0, 0.1) is 0 Å². The third-order valence-corrected chi connectivity index (χ3v) is 3.06. The van der Waals surface area contributed by atoms with E-state index in [0.29, 0.717) is 0 Å². The summed E-state index contributed by atoms with van der Waals surface area (Å²) in [7, 11) is 0. The molecule has 0 fully saturated rings. The van der Waals surface area contributed by atoms with Crippen molar-refractivity contribution in [2.24, 2.45) is 0 Å². The van der Waals surface area contributed by atoms with E-state index in [0.717, 1.165) is 0 Å². The zero-order valence-corrected chi connectivity index (χ0v) is 16.1. The monoisotopic (exact) mass is 369 g/mol. The van der Waals surface area contributed by atoms with Crippen molar-refractivity contribution in [3.05, 3.63) is 17.5 Å². The second kappa shape index (κ2) is 9.21. The van der Waals surface area contributed by atoms with E-state index in [1.807, 2.05) is 0 Å². The lowest BCUT2D eigenvalue weighted by molar-refractivity contribution is 0.0496. The quantitative estimate of drug-likeness (QED) is 0.580. The van der Waals surface area contributed by atoms with Crippen molar-refractivity contribution in [1.29, 1.82) is 0 Å². The van der Waals surface area contributed by atoms with Crippen LogP contribution in [0.4, 0.5) is 4.79 Å². The van der Waals surface area contributed by atoms with Gasteiger partial charge in [0.2, 0.25) is 0 Å². The Balaban J connectivity index is 2.95. The second-order valence-corrected chi connectivity index (χ2v) is 6.53. The summed E-state index contributed by atoms with van der Waals surface area (Å²) < 4.78 is 16.4. The molecule has 26 heavy (non-hydrogen) atoms. The molecule has 0 aliphatic heterocycles. The molecule has 0 bridgehead atoms. The summed E-state index contributed by atoms with van der Waals surface area (Å²) in [5, 5.41) is 6.74. The number of esters is 2. The van der Waals surface area contributed by atoms with Crippen molar-refractivity contribution < 1.29 is 28.6 Å². The third-order valence-electron chi connectivity index (χ3n) is 3.06. The summed E-state index contributed by atoms with van der Waals surface area (Å²) in [4.78, 5) is 35.8. The molecule has 1 rings (SSSR count). The lowest BCUT2D eigenvalue weighted by Gasteiger charge is -2.21. The van der Waals surface area contributed by atoms with Crippen molar-refractivity contribution in [3.63, 3.8) is 0 Å². The molecule has 0 saturated carbocycles. The van der Waals surface area contributed by atoms with Gasteiger partial charge in [0.1, 0.15) is 11.3 Å². The molecule has 146 valence electrons. The lowest BCUT2D eigenvalue weighted by atomic mass is 10.2. The SMILES string of the molecule is CCOC(=O)c1cc(C(=O)OCC)n(C(C)CNC(=O)OC(C)(C)C)n1. The summed E-state index contributed by atoms with van der Waals surface area (Å²) in [5.41, 5.74) is -0.515. The van der Waals surface area contributed by atoms with Gasteiger partial charge in [0.15, 0.2) is 5.69 Å². The number of nitrogens with one attached hydrogen (secondary N) is 1. The summed E-state index contributed by atoms with van der Waals surface area (Å²) in [6, 6.07) is 0.894. The maximum atomic E-state index is 12.1. The van der Waals surface area contributed by atoms with Crippen LogP contribution in [0.5, 0.6) is 0 Å². The number of hydrogen-bond donors (Lipinski definition) is 1. The average Bonchev–Trinajstić information content (AvgIpc) is 2.97. The van der Waals surface area contributed by atoms with Gasteiger partial charge >= 0.3 is 18.0 Å². The minimum Gasteiger partial charge on any atom is -0.461 e. The van der Waals surface area contributed by atoms with Gasteiger partial charge < -0.3 is 19.5 Å². The smallest absolute Gasteiger partial charge is 0.407 e. The zero-order chi connectivity index (χ0) is 19.9. The van der Waals surface area contributed by atoms with E-state index in [4.69, 9.17) is 14.2 Å². The molecule has 1 atom stereocenters. The second-order valence-electron chi connectivity index (χ2n) is 6.53. The number of ether oxygens (including phenoxy) is 3. The number of carbonyl (C=O) groups is 3. The highest BCUT2D eigenvalue weighted by atomic mass is 16.6. The number of hydrogen-bond acceptors (Lipinski definition) is 7. The van der Waals surface area contributed by atoms with Crippen LogP contribution in [-0.4, -0.2) is 53.2 Å². The van der Waals surface area contributed by atoms with Crippen LogP contribution >= 0.6 is 0 Å². The summed E-state index contributed by atoms with van der Waals surface area (Å²) >= 11 is 0. The summed E-state index contributed by atoms with van der Waals surface area (Å²) in [5.74, 6) is -1.25. The van der Waals surface area contributed by atoms with Gasteiger partial charge in [-0.1, -0.05) is 0 Å². The molecule has 0 radical (unpaired) electrons. The number of carbonyl (C=O) groups excluding carboxylic acids is 3. The van der Waals surface area contributed by atoms with Crippen LogP contribution in [0.2, 0.25) is 0 Å². The van der Waals surface area contributed by atoms with Gasteiger partial charge in [0.25, 0.3) is 0 Å². The predicted octanol–water partition coefficient (Wildman–Crippen LogP) is 2.32. The Kier molecular flexibility index (Phi) is 7.60. The molecule has 1 aromatic rings. The molecule has 0 spiro atoms. The Morgan fingerprint density at radius 1 is 1.15 bits per heavy atom. The van der Waals surface area contributed by atoms with Crippen LogP contribution < -0.4 is 5.32 Å². The molecule has 0 aliphatic rings. The van der Waals surface area contributed by atoms with Crippen molar-refractivity contribution in [1.82, 2.24) is 15.1 Å². The van der Waals surface area contributed by atoms with Gasteiger partial charge in [0, 0.05) is 12.6 Å². The maximum Gasteiger partial charge on any atom is 0.407 e. The van der Waals surface area contributed by atoms with Crippen LogP contribution in [0.25, 0.3) is 0 Å². The van der Waals surface area contributed by atoms with E-state index in [9.17, 15) is 14.4 Å². The molecule has 0 aromatic carbocycles. The highest BCUT2D eigenvalue weighted by Gasteiger charge is 2.24. The summed E-state index contributed by atoms with van der Waals surface area (Å²) in [6.45, 7) is 10.9. The van der Waals surface area contributed by atoms with Gasteiger partial charge in [-0.25, -0.2) is 14.4 Å². The minimum atomic E-state index is -0.635. The van der Waals surface area contributed by atoms with Gasteiger partial charge in [0.05, 0.1) is 19.3 Å². The highest BCUT2D eigenvalue weighted by molar-refractivity contribution is 5.93. The van der Waals surface area contributed by atoms with E-state index >= 15 is 0 Å². The summed E-state index contributed by atoms with van der Waals surface area (Å²) in [6.07, 6.45) is -0.584. The lowest BCUT2D eigenvalue weighted by Crippen LogP contribution is -2.36. The largest absolute Gasteiger partial charge is 0.461 e. The zero-order valence-electron chi connectivity index (χ0n) is 16.1. The molecular formula is C17H27N3O6. The Bertz CT molecular complexity index is 647. The minimum absolute atomic E-state index is 0.000906. The highest BCUT2D eigenvalue weighted by Crippen LogP contribution is 2.14. The molecule has 1 N–H and O–H groups in total. The van der Waals surface area contributed by atoms with Crippen molar-refractivity contribution in [3.8, 4) is 0 Å². The topological polar surface area (TPSA) is 109 Å². The Hall–Kier alpha value is -2.58. The molecule has 1 amide bonds. The predicted molar refractivity (Wildman–Crippen MR) is 93.1 cm³/mol.